The van der Waals surface area contributed by atoms with E-state index < -0.39 is 0 Å². The van der Waals surface area contributed by atoms with Crippen molar-refractivity contribution in [3.05, 3.63) is 36.3 Å². The molecule has 0 saturated carbocycles. The minimum absolute atomic E-state index is 0.302. The lowest BCUT2D eigenvalue weighted by molar-refractivity contribution is 0.637. The highest BCUT2D eigenvalue weighted by Crippen LogP contribution is 2.22. The van der Waals surface area contributed by atoms with Crippen molar-refractivity contribution < 1.29 is 4.39 Å². The number of para-hydroxylation sites is 1. The molecule has 2 aromatic rings. The molecule has 15 heavy (non-hydrogen) atoms. The van der Waals surface area contributed by atoms with Crippen molar-refractivity contribution in [3.8, 4) is 0 Å². The summed E-state index contributed by atoms with van der Waals surface area (Å²) in [6.07, 6.45) is 1.59. The molecule has 0 aliphatic rings. The molecule has 1 heterocycles. The zero-order chi connectivity index (χ0) is 10.7. The molecule has 0 amide bonds. The summed E-state index contributed by atoms with van der Waals surface area (Å²) >= 11 is 0. The van der Waals surface area contributed by atoms with Gasteiger partial charge in [-0.2, -0.15) is 0 Å². The maximum absolute atomic E-state index is 13.4. The van der Waals surface area contributed by atoms with Gasteiger partial charge >= 0.3 is 0 Å². The molecule has 3 nitrogen and oxygen atoms in total. The Balaban J connectivity index is 2.51. The summed E-state index contributed by atoms with van der Waals surface area (Å²) in [6, 6.07) is 6.73. The average molecular weight is 205 g/mol. The Morgan fingerprint density at radius 3 is 3.00 bits per heavy atom. The Bertz CT molecular complexity index is 470. The molecular formula is C11H12FN3. The van der Waals surface area contributed by atoms with E-state index in [4.69, 9.17) is 5.73 Å². The van der Waals surface area contributed by atoms with Crippen LogP contribution in [-0.2, 0) is 0 Å². The van der Waals surface area contributed by atoms with Gasteiger partial charge in [-0.15, -0.1) is 0 Å². The van der Waals surface area contributed by atoms with Crippen molar-refractivity contribution in [1.29, 1.82) is 0 Å². The van der Waals surface area contributed by atoms with Crippen LogP contribution in [0.1, 0.15) is 0 Å². The van der Waals surface area contributed by atoms with Gasteiger partial charge in [0, 0.05) is 30.4 Å². The highest BCUT2D eigenvalue weighted by Gasteiger charge is 2.04. The van der Waals surface area contributed by atoms with E-state index in [-0.39, 0.29) is 5.82 Å². The number of nitrogens with one attached hydrogen (secondary N) is 1. The number of anilines is 1. The average Bonchev–Trinajstić information content (AvgIpc) is 2.27. The van der Waals surface area contributed by atoms with E-state index in [9.17, 15) is 4.39 Å². The second-order valence-electron chi connectivity index (χ2n) is 3.21. The van der Waals surface area contributed by atoms with E-state index in [2.05, 4.69) is 10.3 Å². The molecule has 0 fully saturated rings. The number of fused-ring (bicyclic) bond motifs is 1. The van der Waals surface area contributed by atoms with Crippen LogP contribution in [0.15, 0.2) is 30.5 Å². The van der Waals surface area contributed by atoms with Crippen molar-refractivity contribution in [2.24, 2.45) is 5.73 Å². The van der Waals surface area contributed by atoms with Gasteiger partial charge in [-0.3, -0.25) is 4.98 Å². The normalized spacial score (nSPS) is 10.5. The Hall–Kier alpha value is -1.68. The third-order valence-corrected chi connectivity index (χ3v) is 2.18. The number of aromatic nitrogens is 1. The Labute approximate surface area is 87.1 Å². The number of rotatable bonds is 3. The number of nitrogens with zero attached hydrogens (tertiary/aromatic N) is 1. The molecular weight excluding hydrogens is 193 g/mol. The molecule has 0 unspecified atom stereocenters. The minimum Gasteiger partial charge on any atom is -0.383 e. The molecule has 4 heteroatoms. The first kappa shape index (κ1) is 9.86. The molecule has 0 spiro atoms. The lowest BCUT2D eigenvalue weighted by Crippen LogP contribution is -2.13. The summed E-state index contributed by atoms with van der Waals surface area (Å²) in [4.78, 5) is 4.00. The fourth-order valence-corrected chi connectivity index (χ4v) is 1.50. The maximum Gasteiger partial charge on any atom is 0.149 e. The summed E-state index contributed by atoms with van der Waals surface area (Å²) < 4.78 is 13.4. The molecule has 0 atom stereocenters. The van der Waals surface area contributed by atoms with E-state index in [1.165, 1.54) is 6.07 Å². The van der Waals surface area contributed by atoms with Gasteiger partial charge in [0.25, 0.3) is 0 Å². The van der Waals surface area contributed by atoms with Gasteiger partial charge in [0.1, 0.15) is 11.3 Å². The van der Waals surface area contributed by atoms with E-state index in [0.29, 0.717) is 18.6 Å². The molecule has 0 saturated heterocycles. The van der Waals surface area contributed by atoms with E-state index in [0.717, 1.165) is 11.1 Å². The molecule has 0 radical (unpaired) electrons. The van der Waals surface area contributed by atoms with E-state index >= 15 is 0 Å². The highest BCUT2D eigenvalue weighted by molar-refractivity contribution is 5.91. The van der Waals surface area contributed by atoms with Crippen LogP contribution in [0.5, 0.6) is 0 Å². The van der Waals surface area contributed by atoms with E-state index in [1.54, 1.807) is 12.3 Å². The van der Waals surface area contributed by atoms with Crippen molar-refractivity contribution in [2.45, 2.75) is 0 Å². The standard InChI is InChI=1S/C11H12FN3/c12-9-3-1-2-8-10(14-7-5-13)4-6-15-11(8)9/h1-4,6H,5,7,13H2,(H,14,15). The van der Waals surface area contributed by atoms with Crippen LogP contribution in [0.2, 0.25) is 0 Å². The van der Waals surface area contributed by atoms with Crippen LogP contribution in [0, 0.1) is 5.82 Å². The van der Waals surface area contributed by atoms with Gasteiger partial charge in [-0.25, -0.2) is 4.39 Å². The fourth-order valence-electron chi connectivity index (χ4n) is 1.50. The smallest absolute Gasteiger partial charge is 0.149 e. The number of hydrogen-bond donors (Lipinski definition) is 2. The van der Waals surface area contributed by atoms with Gasteiger partial charge in [-0.1, -0.05) is 12.1 Å². The summed E-state index contributed by atoms with van der Waals surface area (Å²) in [5, 5.41) is 3.92. The Morgan fingerprint density at radius 2 is 2.20 bits per heavy atom. The summed E-state index contributed by atoms with van der Waals surface area (Å²) in [5.41, 5.74) is 6.65. The van der Waals surface area contributed by atoms with Crippen LogP contribution in [0.3, 0.4) is 0 Å². The first-order valence-electron chi connectivity index (χ1n) is 4.80. The number of benzene rings is 1. The van der Waals surface area contributed by atoms with Crippen LogP contribution in [0.4, 0.5) is 10.1 Å². The number of pyridine rings is 1. The van der Waals surface area contributed by atoms with E-state index in [1.807, 2.05) is 12.1 Å². The Kier molecular flexibility index (Phi) is 2.78. The highest BCUT2D eigenvalue weighted by atomic mass is 19.1. The molecule has 1 aromatic carbocycles. The van der Waals surface area contributed by atoms with Gasteiger partial charge in [-0.05, 0) is 12.1 Å². The first-order valence-corrected chi connectivity index (χ1v) is 4.80. The second kappa shape index (κ2) is 4.23. The lowest BCUT2D eigenvalue weighted by Gasteiger charge is -2.08. The van der Waals surface area contributed by atoms with Crippen molar-refractivity contribution in [2.75, 3.05) is 18.4 Å². The van der Waals surface area contributed by atoms with Crippen molar-refractivity contribution in [1.82, 2.24) is 4.98 Å². The van der Waals surface area contributed by atoms with Crippen LogP contribution in [-0.4, -0.2) is 18.1 Å². The molecule has 0 bridgehead atoms. The summed E-state index contributed by atoms with van der Waals surface area (Å²) in [5.74, 6) is -0.302. The summed E-state index contributed by atoms with van der Waals surface area (Å²) in [7, 11) is 0. The number of hydrogen-bond acceptors (Lipinski definition) is 3. The number of halogens is 1. The molecule has 0 aliphatic heterocycles. The Morgan fingerprint density at radius 1 is 1.33 bits per heavy atom. The maximum atomic E-state index is 13.4. The quantitative estimate of drug-likeness (QED) is 0.802. The summed E-state index contributed by atoms with van der Waals surface area (Å²) in [6.45, 7) is 1.20. The number of nitrogens with two attached hydrogens (primary N) is 1. The predicted molar refractivity (Wildman–Crippen MR) is 59.2 cm³/mol. The monoisotopic (exact) mass is 205 g/mol. The third-order valence-electron chi connectivity index (χ3n) is 2.18. The topological polar surface area (TPSA) is 50.9 Å². The van der Waals surface area contributed by atoms with Gasteiger partial charge in [0.15, 0.2) is 0 Å². The molecule has 78 valence electrons. The zero-order valence-corrected chi connectivity index (χ0v) is 8.20. The molecule has 0 aliphatic carbocycles. The SMILES string of the molecule is NCCNc1ccnc2c(F)cccc12. The fraction of sp³-hybridized carbons (Fsp3) is 0.182. The largest absolute Gasteiger partial charge is 0.383 e. The predicted octanol–water partition coefficient (Wildman–Crippen LogP) is 1.74. The minimum atomic E-state index is -0.302. The zero-order valence-electron chi connectivity index (χ0n) is 8.20. The van der Waals surface area contributed by atoms with Crippen LogP contribution < -0.4 is 11.1 Å². The molecule has 1 aromatic heterocycles. The van der Waals surface area contributed by atoms with Crippen molar-refractivity contribution in [3.63, 3.8) is 0 Å². The molecule has 3 N–H and O–H groups in total. The van der Waals surface area contributed by atoms with Gasteiger partial charge in [0.05, 0.1) is 0 Å². The van der Waals surface area contributed by atoms with Crippen LogP contribution in [0.25, 0.3) is 10.9 Å². The van der Waals surface area contributed by atoms with Gasteiger partial charge < -0.3 is 11.1 Å². The first-order chi connectivity index (χ1) is 7.33. The molecule has 2 rings (SSSR count). The second-order valence-corrected chi connectivity index (χ2v) is 3.21. The third kappa shape index (κ3) is 1.89. The van der Waals surface area contributed by atoms with Crippen molar-refractivity contribution >= 4 is 16.6 Å². The lowest BCUT2D eigenvalue weighted by atomic mass is 10.2. The van der Waals surface area contributed by atoms with Crippen LogP contribution >= 0.6 is 0 Å². The van der Waals surface area contributed by atoms with Gasteiger partial charge in [0.2, 0.25) is 0 Å².